The van der Waals surface area contributed by atoms with E-state index in [9.17, 15) is 9.59 Å². The van der Waals surface area contributed by atoms with Gasteiger partial charge in [0.05, 0.1) is 13.2 Å². The third kappa shape index (κ3) is 3.15. The van der Waals surface area contributed by atoms with E-state index in [1.54, 1.807) is 24.3 Å². The third-order valence-electron chi connectivity index (χ3n) is 5.57. The highest BCUT2D eigenvalue weighted by Gasteiger charge is 2.52. The number of carbonyl (C=O) groups is 2. The Morgan fingerprint density at radius 3 is 2.78 bits per heavy atom. The third-order valence-corrected chi connectivity index (χ3v) is 5.57. The van der Waals surface area contributed by atoms with Gasteiger partial charge in [0.1, 0.15) is 0 Å². The molecule has 0 bridgehead atoms. The van der Waals surface area contributed by atoms with Crippen LogP contribution in [-0.2, 0) is 14.9 Å². The standard InChI is InChI=1S/C22H22N2O3/c1-2-20(25)23-19-10-6-7-16(11-19)21(26)24-12-18-13-27-15-22(18,14-24)17-8-4-3-5-9-17/h2-11,18H,1,12-15H2,(H,23,25)/t18-,22+/m1/s1. The summed E-state index contributed by atoms with van der Waals surface area (Å²) in [7, 11) is 0. The minimum Gasteiger partial charge on any atom is -0.380 e. The van der Waals surface area contributed by atoms with Crippen LogP contribution in [0.5, 0.6) is 0 Å². The maximum atomic E-state index is 13.1. The van der Waals surface area contributed by atoms with E-state index in [-0.39, 0.29) is 17.2 Å². The van der Waals surface area contributed by atoms with Crippen LogP contribution in [0.1, 0.15) is 15.9 Å². The van der Waals surface area contributed by atoms with Gasteiger partial charge in [0.2, 0.25) is 5.91 Å². The lowest BCUT2D eigenvalue weighted by molar-refractivity contribution is -0.111. The predicted molar refractivity (Wildman–Crippen MR) is 104 cm³/mol. The van der Waals surface area contributed by atoms with Gasteiger partial charge in [-0.05, 0) is 29.8 Å². The second-order valence-electron chi connectivity index (χ2n) is 7.19. The Morgan fingerprint density at radius 1 is 1.19 bits per heavy atom. The number of ether oxygens (including phenoxy) is 1. The second kappa shape index (κ2) is 7.00. The van der Waals surface area contributed by atoms with E-state index in [4.69, 9.17) is 4.74 Å². The van der Waals surface area contributed by atoms with Crippen LogP contribution in [0.4, 0.5) is 5.69 Å². The summed E-state index contributed by atoms with van der Waals surface area (Å²) in [5.74, 6) is -0.0163. The molecule has 2 fully saturated rings. The first-order valence-electron chi connectivity index (χ1n) is 9.08. The van der Waals surface area contributed by atoms with Crippen LogP contribution in [-0.4, -0.2) is 43.0 Å². The topological polar surface area (TPSA) is 58.6 Å². The van der Waals surface area contributed by atoms with Crippen molar-refractivity contribution in [2.45, 2.75) is 5.41 Å². The van der Waals surface area contributed by atoms with Crippen LogP contribution < -0.4 is 5.32 Å². The number of anilines is 1. The highest BCUT2D eigenvalue weighted by atomic mass is 16.5. The van der Waals surface area contributed by atoms with Gasteiger partial charge in [-0.2, -0.15) is 0 Å². The van der Waals surface area contributed by atoms with Crippen molar-refractivity contribution in [1.82, 2.24) is 4.90 Å². The maximum absolute atomic E-state index is 13.1. The van der Waals surface area contributed by atoms with Gasteiger partial charge in [0.15, 0.2) is 0 Å². The van der Waals surface area contributed by atoms with Gasteiger partial charge in [-0.3, -0.25) is 9.59 Å². The van der Waals surface area contributed by atoms with Gasteiger partial charge in [0.25, 0.3) is 5.91 Å². The smallest absolute Gasteiger partial charge is 0.253 e. The summed E-state index contributed by atoms with van der Waals surface area (Å²) < 4.78 is 5.78. The average molecular weight is 362 g/mol. The molecule has 0 aromatic heterocycles. The number of fused-ring (bicyclic) bond motifs is 1. The molecular weight excluding hydrogens is 340 g/mol. The summed E-state index contributed by atoms with van der Waals surface area (Å²) in [6.07, 6.45) is 1.21. The molecule has 138 valence electrons. The van der Waals surface area contributed by atoms with Crippen LogP contribution in [0.25, 0.3) is 0 Å². The van der Waals surface area contributed by atoms with E-state index >= 15 is 0 Å². The van der Waals surface area contributed by atoms with Crippen molar-refractivity contribution in [3.8, 4) is 0 Å². The minimum absolute atomic E-state index is 0.0191. The maximum Gasteiger partial charge on any atom is 0.253 e. The molecule has 2 saturated heterocycles. The Balaban J connectivity index is 1.57. The lowest BCUT2D eigenvalue weighted by Gasteiger charge is -2.27. The van der Waals surface area contributed by atoms with Crippen molar-refractivity contribution in [2.75, 3.05) is 31.6 Å². The molecule has 1 N–H and O–H groups in total. The van der Waals surface area contributed by atoms with Crippen LogP contribution in [0.15, 0.2) is 67.3 Å². The van der Waals surface area contributed by atoms with Crippen molar-refractivity contribution < 1.29 is 14.3 Å². The molecule has 2 aliphatic heterocycles. The molecule has 4 rings (SSSR count). The molecule has 0 saturated carbocycles. The number of nitrogens with zero attached hydrogens (tertiary/aromatic N) is 1. The van der Waals surface area contributed by atoms with Gasteiger partial charge >= 0.3 is 0 Å². The molecule has 2 atom stereocenters. The number of rotatable bonds is 4. The van der Waals surface area contributed by atoms with Gasteiger partial charge < -0.3 is 15.0 Å². The van der Waals surface area contributed by atoms with E-state index in [2.05, 4.69) is 24.0 Å². The number of amides is 2. The number of likely N-dealkylation sites (tertiary alicyclic amines) is 1. The van der Waals surface area contributed by atoms with Gasteiger partial charge in [-0.15, -0.1) is 0 Å². The van der Waals surface area contributed by atoms with Gasteiger partial charge in [0, 0.05) is 35.7 Å². The lowest BCUT2D eigenvalue weighted by atomic mass is 9.75. The van der Waals surface area contributed by atoms with E-state index in [1.807, 2.05) is 23.1 Å². The molecule has 2 aliphatic rings. The average Bonchev–Trinajstić information content (AvgIpc) is 3.26. The zero-order chi connectivity index (χ0) is 18.9. The van der Waals surface area contributed by atoms with Crippen molar-refractivity contribution in [1.29, 1.82) is 0 Å². The summed E-state index contributed by atoms with van der Waals surface area (Å²) in [5.41, 5.74) is 2.26. The first kappa shape index (κ1) is 17.5. The molecule has 2 amide bonds. The lowest BCUT2D eigenvalue weighted by Crippen LogP contribution is -2.37. The van der Waals surface area contributed by atoms with Crippen molar-refractivity contribution in [2.24, 2.45) is 5.92 Å². The van der Waals surface area contributed by atoms with Crippen molar-refractivity contribution in [3.63, 3.8) is 0 Å². The fourth-order valence-electron chi connectivity index (χ4n) is 4.17. The zero-order valence-electron chi connectivity index (χ0n) is 15.1. The Labute approximate surface area is 158 Å². The first-order chi connectivity index (χ1) is 13.1. The highest BCUT2D eigenvalue weighted by molar-refractivity contribution is 6.00. The molecule has 27 heavy (non-hydrogen) atoms. The monoisotopic (exact) mass is 362 g/mol. The normalized spacial score (nSPS) is 23.7. The first-order valence-corrected chi connectivity index (χ1v) is 9.08. The van der Waals surface area contributed by atoms with Gasteiger partial charge in [-0.25, -0.2) is 0 Å². The molecule has 5 heteroatoms. The molecule has 2 aromatic rings. The largest absolute Gasteiger partial charge is 0.380 e. The van der Waals surface area contributed by atoms with E-state index in [0.717, 1.165) is 0 Å². The Bertz CT molecular complexity index is 880. The fourth-order valence-corrected chi connectivity index (χ4v) is 4.17. The minimum atomic E-state index is -0.296. The zero-order valence-corrected chi connectivity index (χ0v) is 15.1. The summed E-state index contributed by atoms with van der Waals surface area (Å²) >= 11 is 0. The van der Waals surface area contributed by atoms with E-state index < -0.39 is 0 Å². The SMILES string of the molecule is C=CC(=O)Nc1cccc(C(=O)N2C[C@@H]3COC[C@]3(c3ccccc3)C2)c1. The summed E-state index contributed by atoms with van der Waals surface area (Å²) in [5, 5.41) is 2.70. The number of carbonyl (C=O) groups excluding carboxylic acids is 2. The number of benzene rings is 2. The predicted octanol–water partition coefficient (Wildman–Crippen LogP) is 2.85. The molecular formula is C22H22N2O3. The van der Waals surface area contributed by atoms with Crippen LogP contribution in [0.3, 0.4) is 0 Å². The van der Waals surface area contributed by atoms with Gasteiger partial charge in [-0.1, -0.05) is 43.0 Å². The Kier molecular flexibility index (Phi) is 4.54. The van der Waals surface area contributed by atoms with Crippen LogP contribution >= 0.6 is 0 Å². The van der Waals surface area contributed by atoms with Crippen molar-refractivity contribution in [3.05, 3.63) is 78.4 Å². The molecule has 0 radical (unpaired) electrons. The number of hydrogen-bond donors (Lipinski definition) is 1. The van der Waals surface area contributed by atoms with E-state index in [0.29, 0.717) is 43.5 Å². The molecule has 0 unspecified atom stereocenters. The van der Waals surface area contributed by atoms with Crippen LogP contribution in [0, 0.1) is 5.92 Å². The molecule has 2 heterocycles. The summed E-state index contributed by atoms with van der Waals surface area (Å²) in [6, 6.07) is 17.4. The van der Waals surface area contributed by atoms with Crippen LogP contribution in [0.2, 0.25) is 0 Å². The number of nitrogens with one attached hydrogen (secondary N) is 1. The Hall–Kier alpha value is -2.92. The van der Waals surface area contributed by atoms with E-state index in [1.165, 1.54) is 11.6 Å². The quantitative estimate of drug-likeness (QED) is 0.851. The molecule has 2 aromatic carbocycles. The second-order valence-corrected chi connectivity index (χ2v) is 7.19. The molecule has 0 aliphatic carbocycles. The van der Waals surface area contributed by atoms with Crippen molar-refractivity contribution >= 4 is 17.5 Å². The fraction of sp³-hybridized carbons (Fsp3) is 0.273. The number of hydrogen-bond acceptors (Lipinski definition) is 3. The summed E-state index contributed by atoms with van der Waals surface area (Å²) in [4.78, 5) is 26.5. The summed E-state index contributed by atoms with van der Waals surface area (Å²) in [6.45, 7) is 6.08. The molecule has 5 nitrogen and oxygen atoms in total. The Morgan fingerprint density at radius 2 is 2.00 bits per heavy atom. The highest BCUT2D eigenvalue weighted by Crippen LogP contribution is 2.44. The molecule has 0 spiro atoms.